The molecule has 0 spiro atoms. The number of benzene rings is 2. The summed E-state index contributed by atoms with van der Waals surface area (Å²) < 4.78 is 26.9. The summed E-state index contributed by atoms with van der Waals surface area (Å²) in [6.07, 6.45) is 1.70. The van der Waals surface area contributed by atoms with E-state index in [2.05, 4.69) is 20.6 Å². The number of sulfonamides is 1. The van der Waals surface area contributed by atoms with Crippen LogP contribution < -0.4 is 10.6 Å². The van der Waals surface area contributed by atoms with E-state index in [1.165, 1.54) is 18.2 Å². The topological polar surface area (TPSA) is 124 Å². The van der Waals surface area contributed by atoms with Gasteiger partial charge in [-0.3, -0.25) is 9.59 Å². The highest BCUT2D eigenvalue weighted by Crippen LogP contribution is 2.20. The lowest BCUT2D eigenvalue weighted by molar-refractivity contribution is -0.122. The Balaban J connectivity index is 1.48. The molecule has 9 nitrogen and oxygen atoms in total. The van der Waals surface area contributed by atoms with Gasteiger partial charge in [-0.05, 0) is 30.7 Å². The van der Waals surface area contributed by atoms with Crippen molar-refractivity contribution in [2.75, 3.05) is 19.6 Å². The summed E-state index contributed by atoms with van der Waals surface area (Å²) >= 11 is 0. The number of piperazine rings is 1. The van der Waals surface area contributed by atoms with Crippen molar-refractivity contribution in [3.05, 3.63) is 72.2 Å². The molecule has 3 aromatic rings. The fraction of sp³-hybridized carbons (Fsp3) is 0.227. The number of hydrogen-bond donors (Lipinski definition) is 3. The molecule has 0 bridgehead atoms. The molecule has 1 unspecified atom stereocenters. The summed E-state index contributed by atoms with van der Waals surface area (Å²) in [6, 6.07) is 15.1. The zero-order chi connectivity index (χ0) is 22.7. The van der Waals surface area contributed by atoms with E-state index < -0.39 is 22.0 Å². The van der Waals surface area contributed by atoms with Gasteiger partial charge < -0.3 is 15.6 Å². The van der Waals surface area contributed by atoms with Crippen LogP contribution in [0, 0.1) is 0 Å². The van der Waals surface area contributed by atoms with E-state index in [1.807, 2.05) is 30.3 Å². The first kappa shape index (κ1) is 21.7. The predicted octanol–water partition coefficient (Wildman–Crippen LogP) is 1.69. The first-order valence-corrected chi connectivity index (χ1v) is 11.6. The summed E-state index contributed by atoms with van der Waals surface area (Å²) in [5.41, 5.74) is 2.02. The fourth-order valence-electron chi connectivity index (χ4n) is 3.44. The number of aromatic nitrogens is 2. The van der Waals surface area contributed by atoms with Crippen molar-refractivity contribution in [2.24, 2.45) is 0 Å². The van der Waals surface area contributed by atoms with Crippen LogP contribution in [0.25, 0.3) is 11.3 Å². The Bertz CT molecular complexity index is 1240. The van der Waals surface area contributed by atoms with Gasteiger partial charge in [0, 0.05) is 18.7 Å². The van der Waals surface area contributed by atoms with Crippen molar-refractivity contribution in [1.29, 1.82) is 0 Å². The molecule has 3 N–H and O–H groups in total. The highest BCUT2D eigenvalue weighted by Gasteiger charge is 2.29. The van der Waals surface area contributed by atoms with E-state index in [0.717, 1.165) is 15.6 Å². The molecule has 4 rings (SSSR count). The van der Waals surface area contributed by atoms with E-state index in [0.29, 0.717) is 5.82 Å². The Labute approximate surface area is 185 Å². The lowest BCUT2D eigenvalue weighted by Gasteiger charge is -2.26. The number of aromatic amines is 1. The second kappa shape index (κ2) is 8.93. The molecule has 2 heterocycles. The molecular formula is C22H23N5O4S. The average molecular weight is 454 g/mol. The second-order valence-corrected chi connectivity index (χ2v) is 9.40. The minimum Gasteiger partial charge on any atom is -0.354 e. The van der Waals surface area contributed by atoms with Crippen molar-refractivity contribution in [3.63, 3.8) is 0 Å². The molecule has 0 radical (unpaired) electrons. The fourth-order valence-corrected chi connectivity index (χ4v) is 4.88. The largest absolute Gasteiger partial charge is 0.354 e. The Morgan fingerprint density at radius 3 is 2.69 bits per heavy atom. The minimum absolute atomic E-state index is 0.0307. The molecule has 1 fully saturated rings. The van der Waals surface area contributed by atoms with Crippen molar-refractivity contribution in [2.45, 2.75) is 17.9 Å². The monoisotopic (exact) mass is 453 g/mol. The van der Waals surface area contributed by atoms with Gasteiger partial charge in [0.1, 0.15) is 5.82 Å². The van der Waals surface area contributed by atoms with Crippen molar-refractivity contribution < 1.29 is 18.0 Å². The third-order valence-electron chi connectivity index (χ3n) is 5.18. The van der Waals surface area contributed by atoms with Crippen LogP contribution in [0.15, 0.2) is 65.7 Å². The van der Waals surface area contributed by atoms with Crippen LogP contribution in [0.5, 0.6) is 0 Å². The Hall–Kier alpha value is -3.50. The Morgan fingerprint density at radius 1 is 1.16 bits per heavy atom. The Morgan fingerprint density at radius 2 is 1.94 bits per heavy atom. The maximum Gasteiger partial charge on any atom is 0.251 e. The lowest BCUT2D eigenvalue weighted by atomic mass is 10.2. The van der Waals surface area contributed by atoms with Gasteiger partial charge in [0.25, 0.3) is 5.91 Å². The summed E-state index contributed by atoms with van der Waals surface area (Å²) in [5.74, 6) is -0.195. The average Bonchev–Trinajstić information content (AvgIpc) is 3.30. The number of carbonyl (C=O) groups excluding carboxylic acids is 2. The number of H-pyrrole nitrogens is 1. The molecule has 2 amide bonds. The Kier molecular flexibility index (Phi) is 6.06. The molecule has 1 atom stereocenters. The molecule has 166 valence electrons. The van der Waals surface area contributed by atoms with Crippen LogP contribution in [0.2, 0.25) is 0 Å². The predicted molar refractivity (Wildman–Crippen MR) is 118 cm³/mol. The second-order valence-electron chi connectivity index (χ2n) is 7.46. The zero-order valence-corrected chi connectivity index (χ0v) is 18.2. The SMILES string of the molecule is CC(NC(=O)c1cccc(S(=O)(=O)N2CCNC(=O)C2)c1)c1ncc(-c2ccccc2)[nH]1. The standard InChI is InChI=1S/C22H23N5O4S/c1-15(21-24-13-19(26-21)16-6-3-2-4-7-16)25-22(29)17-8-5-9-18(12-17)32(30,31)27-11-10-23-20(28)14-27/h2-9,12-13,15H,10-11,14H2,1H3,(H,23,28)(H,24,26)(H,25,29). The number of rotatable bonds is 6. The molecule has 0 aliphatic carbocycles. The summed E-state index contributed by atoms with van der Waals surface area (Å²) in [6.45, 7) is 1.99. The van der Waals surface area contributed by atoms with Gasteiger partial charge in [-0.1, -0.05) is 36.4 Å². The molecule has 10 heteroatoms. The van der Waals surface area contributed by atoms with Gasteiger partial charge in [-0.15, -0.1) is 0 Å². The van der Waals surface area contributed by atoms with E-state index in [4.69, 9.17) is 0 Å². The van der Waals surface area contributed by atoms with E-state index >= 15 is 0 Å². The quantitative estimate of drug-likeness (QED) is 0.524. The van der Waals surface area contributed by atoms with Crippen molar-refractivity contribution >= 4 is 21.8 Å². The maximum atomic E-state index is 12.9. The normalized spacial score (nSPS) is 15.7. The van der Waals surface area contributed by atoms with Gasteiger partial charge in [0.15, 0.2) is 0 Å². The number of amides is 2. The van der Waals surface area contributed by atoms with Gasteiger partial charge >= 0.3 is 0 Å². The number of nitrogens with one attached hydrogen (secondary N) is 3. The summed E-state index contributed by atoms with van der Waals surface area (Å²) in [4.78, 5) is 31.9. The third-order valence-corrected chi connectivity index (χ3v) is 7.02. The number of imidazole rings is 1. The lowest BCUT2D eigenvalue weighted by Crippen LogP contribution is -2.49. The molecule has 1 aromatic heterocycles. The number of carbonyl (C=O) groups is 2. The van der Waals surface area contributed by atoms with Gasteiger partial charge in [-0.25, -0.2) is 13.4 Å². The van der Waals surface area contributed by atoms with Crippen LogP contribution in [0.3, 0.4) is 0 Å². The van der Waals surface area contributed by atoms with E-state index in [1.54, 1.807) is 19.2 Å². The molecule has 1 aliphatic rings. The highest BCUT2D eigenvalue weighted by molar-refractivity contribution is 7.89. The van der Waals surface area contributed by atoms with Gasteiger partial charge in [0.2, 0.25) is 15.9 Å². The number of hydrogen-bond acceptors (Lipinski definition) is 5. The first-order chi connectivity index (χ1) is 15.3. The van der Waals surface area contributed by atoms with Crippen LogP contribution in [-0.4, -0.2) is 54.1 Å². The van der Waals surface area contributed by atoms with Crippen LogP contribution in [-0.2, 0) is 14.8 Å². The molecule has 0 saturated carbocycles. The van der Waals surface area contributed by atoms with Crippen LogP contribution in [0.4, 0.5) is 0 Å². The highest BCUT2D eigenvalue weighted by atomic mass is 32.2. The van der Waals surface area contributed by atoms with Crippen LogP contribution >= 0.6 is 0 Å². The smallest absolute Gasteiger partial charge is 0.251 e. The maximum absolute atomic E-state index is 12.9. The molecular weight excluding hydrogens is 430 g/mol. The van der Waals surface area contributed by atoms with Crippen molar-refractivity contribution in [1.82, 2.24) is 24.9 Å². The van der Waals surface area contributed by atoms with E-state index in [-0.39, 0.29) is 36.0 Å². The summed E-state index contributed by atoms with van der Waals surface area (Å²) in [5, 5.41) is 5.43. The third kappa shape index (κ3) is 4.56. The minimum atomic E-state index is -3.88. The van der Waals surface area contributed by atoms with E-state index in [9.17, 15) is 18.0 Å². The molecule has 32 heavy (non-hydrogen) atoms. The molecule has 1 saturated heterocycles. The number of nitrogens with zero attached hydrogens (tertiary/aromatic N) is 2. The zero-order valence-electron chi connectivity index (χ0n) is 17.4. The van der Waals surface area contributed by atoms with Gasteiger partial charge in [-0.2, -0.15) is 4.31 Å². The first-order valence-electron chi connectivity index (χ1n) is 10.1. The summed E-state index contributed by atoms with van der Waals surface area (Å²) in [7, 11) is -3.88. The molecule has 1 aliphatic heterocycles. The van der Waals surface area contributed by atoms with Crippen molar-refractivity contribution in [3.8, 4) is 11.3 Å². The van der Waals surface area contributed by atoms with Crippen LogP contribution in [0.1, 0.15) is 29.1 Å². The van der Waals surface area contributed by atoms with Gasteiger partial charge in [0.05, 0.1) is 29.4 Å². The molecule has 2 aromatic carbocycles.